The van der Waals surface area contributed by atoms with Gasteiger partial charge >= 0.3 is 0 Å². The van der Waals surface area contributed by atoms with Gasteiger partial charge in [-0.1, -0.05) is 41.9 Å². The van der Waals surface area contributed by atoms with Gasteiger partial charge in [-0.3, -0.25) is 0 Å². The Morgan fingerprint density at radius 2 is 1.63 bits per heavy atom. The SMILES string of the molecule is Cl.NC(COc1ccc(Cl)cc1)Cc1ccccc1. The van der Waals surface area contributed by atoms with Crippen LogP contribution in [-0.2, 0) is 6.42 Å². The van der Waals surface area contributed by atoms with Gasteiger partial charge in [0, 0.05) is 11.1 Å². The number of hydrogen-bond acceptors (Lipinski definition) is 2. The summed E-state index contributed by atoms with van der Waals surface area (Å²) >= 11 is 5.80. The zero-order chi connectivity index (χ0) is 12.8. The molecular weight excluding hydrogens is 281 g/mol. The predicted molar refractivity (Wildman–Crippen MR) is 82.3 cm³/mol. The molecule has 2 nitrogen and oxygen atoms in total. The summed E-state index contributed by atoms with van der Waals surface area (Å²) in [5.41, 5.74) is 7.26. The van der Waals surface area contributed by atoms with Crippen molar-refractivity contribution in [3.63, 3.8) is 0 Å². The second kappa shape index (κ2) is 8.05. The number of ether oxygens (including phenoxy) is 1. The Bertz CT molecular complexity index is 473. The van der Waals surface area contributed by atoms with Gasteiger partial charge in [-0.05, 0) is 36.2 Å². The lowest BCUT2D eigenvalue weighted by molar-refractivity contribution is 0.287. The highest BCUT2D eigenvalue weighted by atomic mass is 35.5. The van der Waals surface area contributed by atoms with Crippen LogP contribution in [0.4, 0.5) is 0 Å². The Kier molecular flexibility index (Phi) is 6.71. The van der Waals surface area contributed by atoms with Crippen molar-refractivity contribution < 1.29 is 4.74 Å². The van der Waals surface area contributed by atoms with Crippen LogP contribution in [0, 0.1) is 0 Å². The van der Waals surface area contributed by atoms with E-state index >= 15 is 0 Å². The van der Waals surface area contributed by atoms with Crippen LogP contribution in [0.3, 0.4) is 0 Å². The molecule has 2 rings (SSSR count). The van der Waals surface area contributed by atoms with E-state index in [2.05, 4.69) is 12.1 Å². The third kappa shape index (κ3) is 5.52. The van der Waals surface area contributed by atoms with E-state index in [0.29, 0.717) is 11.6 Å². The van der Waals surface area contributed by atoms with Crippen LogP contribution < -0.4 is 10.5 Å². The van der Waals surface area contributed by atoms with E-state index < -0.39 is 0 Å². The van der Waals surface area contributed by atoms with Gasteiger partial charge in [0.05, 0.1) is 0 Å². The highest BCUT2D eigenvalue weighted by Crippen LogP contribution is 2.15. The van der Waals surface area contributed by atoms with Gasteiger partial charge in [-0.2, -0.15) is 0 Å². The molecule has 0 spiro atoms. The first-order valence-corrected chi connectivity index (χ1v) is 6.30. The normalized spacial score (nSPS) is 11.5. The molecule has 2 N–H and O–H groups in total. The molecule has 2 aromatic rings. The minimum atomic E-state index is -0.0110. The highest BCUT2D eigenvalue weighted by molar-refractivity contribution is 6.30. The van der Waals surface area contributed by atoms with E-state index in [4.69, 9.17) is 22.1 Å². The maximum absolute atomic E-state index is 6.03. The molecule has 1 unspecified atom stereocenters. The smallest absolute Gasteiger partial charge is 0.119 e. The number of nitrogens with two attached hydrogens (primary N) is 1. The van der Waals surface area contributed by atoms with E-state index in [9.17, 15) is 0 Å². The first-order valence-electron chi connectivity index (χ1n) is 5.92. The molecule has 2 aromatic carbocycles. The molecule has 1 atom stereocenters. The summed E-state index contributed by atoms with van der Waals surface area (Å²) in [5, 5.41) is 0.705. The zero-order valence-corrected chi connectivity index (χ0v) is 12.0. The van der Waals surface area contributed by atoms with Gasteiger partial charge in [0.2, 0.25) is 0 Å². The molecule has 0 fully saturated rings. The average molecular weight is 298 g/mol. The molecule has 102 valence electrons. The van der Waals surface area contributed by atoms with Crippen LogP contribution in [0.5, 0.6) is 5.75 Å². The molecule has 0 saturated heterocycles. The Balaban J connectivity index is 0.00000180. The molecule has 4 heteroatoms. The Labute approximate surface area is 124 Å². The van der Waals surface area contributed by atoms with Gasteiger partial charge in [0.15, 0.2) is 0 Å². The summed E-state index contributed by atoms with van der Waals surface area (Å²) < 4.78 is 5.61. The molecule has 0 aliphatic rings. The lowest BCUT2D eigenvalue weighted by Crippen LogP contribution is -2.30. The molecule has 0 amide bonds. The van der Waals surface area contributed by atoms with E-state index in [1.807, 2.05) is 30.3 Å². The van der Waals surface area contributed by atoms with Crippen molar-refractivity contribution in [3.05, 3.63) is 65.2 Å². The lowest BCUT2D eigenvalue weighted by atomic mass is 10.1. The molecule has 0 aliphatic heterocycles. The molecule has 0 aliphatic carbocycles. The minimum Gasteiger partial charge on any atom is -0.492 e. The first-order chi connectivity index (χ1) is 8.74. The number of rotatable bonds is 5. The Hall–Kier alpha value is -1.22. The van der Waals surface area contributed by atoms with Gasteiger partial charge in [0.1, 0.15) is 12.4 Å². The standard InChI is InChI=1S/C15H16ClNO.ClH/c16-13-6-8-15(9-7-13)18-11-14(17)10-12-4-2-1-3-5-12;/h1-9,14H,10-11,17H2;1H. The summed E-state index contributed by atoms with van der Waals surface area (Å²) in [6.45, 7) is 0.497. The Morgan fingerprint density at radius 3 is 2.26 bits per heavy atom. The molecule has 0 radical (unpaired) electrons. The highest BCUT2D eigenvalue weighted by Gasteiger charge is 2.05. The predicted octanol–water partition coefficient (Wildman–Crippen LogP) is 3.71. The third-order valence-electron chi connectivity index (χ3n) is 2.62. The molecule has 0 saturated carbocycles. The number of benzene rings is 2. The maximum Gasteiger partial charge on any atom is 0.119 e. The van der Waals surface area contributed by atoms with Crippen LogP contribution in [-0.4, -0.2) is 12.6 Å². The number of hydrogen-bond donors (Lipinski definition) is 1. The van der Waals surface area contributed by atoms with Crippen LogP contribution in [0.2, 0.25) is 5.02 Å². The van der Waals surface area contributed by atoms with Crippen LogP contribution in [0.1, 0.15) is 5.56 Å². The maximum atomic E-state index is 6.03. The van der Waals surface area contributed by atoms with Gasteiger partial charge in [-0.25, -0.2) is 0 Å². The quantitative estimate of drug-likeness (QED) is 0.913. The van der Waals surface area contributed by atoms with E-state index in [1.165, 1.54) is 5.56 Å². The average Bonchev–Trinajstić information content (AvgIpc) is 2.39. The summed E-state index contributed by atoms with van der Waals surface area (Å²) in [5.74, 6) is 0.794. The van der Waals surface area contributed by atoms with Crippen molar-refractivity contribution >= 4 is 24.0 Å². The monoisotopic (exact) mass is 297 g/mol. The second-order valence-electron chi connectivity index (χ2n) is 4.21. The van der Waals surface area contributed by atoms with Gasteiger partial charge in [0.25, 0.3) is 0 Å². The summed E-state index contributed by atoms with van der Waals surface area (Å²) in [6.07, 6.45) is 0.814. The van der Waals surface area contributed by atoms with Crippen molar-refractivity contribution in [2.45, 2.75) is 12.5 Å². The van der Waals surface area contributed by atoms with Crippen molar-refractivity contribution in [2.75, 3.05) is 6.61 Å². The fourth-order valence-electron chi connectivity index (χ4n) is 1.71. The van der Waals surface area contributed by atoms with Gasteiger partial charge < -0.3 is 10.5 Å². The first kappa shape index (κ1) is 15.8. The fraction of sp³-hybridized carbons (Fsp3) is 0.200. The Morgan fingerprint density at radius 1 is 1.00 bits per heavy atom. The lowest BCUT2D eigenvalue weighted by Gasteiger charge is -2.13. The molecule has 0 aromatic heterocycles. The second-order valence-corrected chi connectivity index (χ2v) is 4.65. The van der Waals surface area contributed by atoms with Crippen LogP contribution in [0.15, 0.2) is 54.6 Å². The topological polar surface area (TPSA) is 35.2 Å². The van der Waals surface area contributed by atoms with Crippen molar-refractivity contribution in [3.8, 4) is 5.75 Å². The van der Waals surface area contributed by atoms with E-state index in [0.717, 1.165) is 12.2 Å². The molecule has 0 heterocycles. The minimum absolute atomic E-state index is 0. The molecule has 19 heavy (non-hydrogen) atoms. The van der Waals surface area contributed by atoms with Crippen molar-refractivity contribution in [2.24, 2.45) is 5.73 Å². The summed E-state index contributed by atoms with van der Waals surface area (Å²) in [7, 11) is 0. The third-order valence-corrected chi connectivity index (χ3v) is 2.87. The fourth-order valence-corrected chi connectivity index (χ4v) is 1.84. The molecule has 0 bridgehead atoms. The van der Waals surface area contributed by atoms with Crippen LogP contribution >= 0.6 is 24.0 Å². The van der Waals surface area contributed by atoms with E-state index in [-0.39, 0.29) is 18.4 Å². The molecular formula is C15H17Cl2NO. The van der Waals surface area contributed by atoms with Crippen LogP contribution in [0.25, 0.3) is 0 Å². The largest absolute Gasteiger partial charge is 0.492 e. The van der Waals surface area contributed by atoms with Crippen molar-refractivity contribution in [1.82, 2.24) is 0 Å². The summed E-state index contributed by atoms with van der Waals surface area (Å²) in [4.78, 5) is 0. The zero-order valence-electron chi connectivity index (χ0n) is 10.5. The van der Waals surface area contributed by atoms with Crippen molar-refractivity contribution in [1.29, 1.82) is 0 Å². The summed E-state index contributed by atoms with van der Waals surface area (Å²) in [6, 6.07) is 17.5. The van der Waals surface area contributed by atoms with E-state index in [1.54, 1.807) is 12.1 Å². The van der Waals surface area contributed by atoms with Gasteiger partial charge in [-0.15, -0.1) is 12.4 Å². The number of halogens is 2.